The van der Waals surface area contributed by atoms with E-state index in [1.807, 2.05) is 0 Å². The van der Waals surface area contributed by atoms with Crippen molar-refractivity contribution in [2.45, 2.75) is 25.3 Å². The molecule has 0 unspecified atom stereocenters. The molecule has 0 atom stereocenters. The molecule has 0 saturated carbocycles. The van der Waals surface area contributed by atoms with E-state index in [4.69, 9.17) is 5.73 Å². The maximum absolute atomic E-state index is 13.3. The van der Waals surface area contributed by atoms with E-state index in [1.54, 1.807) is 20.9 Å². The molecule has 0 spiro atoms. The Bertz CT molecular complexity index is 760. The standard InChI is InChI=1S/C13H17FN4O2S/c1-8-4-11(14)5-9(2)12(8)21(19,20)17-7-10-6-16-18(3)13(10)15/h4-6,17H,7,15H2,1-3H3. The second kappa shape index (κ2) is 5.45. The zero-order chi connectivity index (χ0) is 15.8. The van der Waals surface area contributed by atoms with E-state index in [0.29, 0.717) is 22.5 Å². The first-order valence-electron chi connectivity index (χ1n) is 6.25. The van der Waals surface area contributed by atoms with Gasteiger partial charge in [0.05, 0.1) is 11.1 Å². The van der Waals surface area contributed by atoms with Crippen molar-refractivity contribution in [1.82, 2.24) is 14.5 Å². The van der Waals surface area contributed by atoms with E-state index in [1.165, 1.54) is 23.0 Å². The number of hydrogen-bond donors (Lipinski definition) is 2. The number of anilines is 1. The predicted octanol–water partition coefficient (Wildman–Crippen LogP) is 1.24. The third-order valence-electron chi connectivity index (χ3n) is 3.21. The van der Waals surface area contributed by atoms with Crippen LogP contribution in [0.3, 0.4) is 0 Å². The Morgan fingerprint density at radius 3 is 2.38 bits per heavy atom. The van der Waals surface area contributed by atoms with Crippen LogP contribution in [0.2, 0.25) is 0 Å². The minimum absolute atomic E-state index is 0.0261. The number of hydrogen-bond acceptors (Lipinski definition) is 4. The van der Waals surface area contributed by atoms with Gasteiger partial charge in [0.25, 0.3) is 0 Å². The van der Waals surface area contributed by atoms with Crippen LogP contribution in [0, 0.1) is 19.7 Å². The minimum Gasteiger partial charge on any atom is -0.384 e. The van der Waals surface area contributed by atoms with Gasteiger partial charge in [0.1, 0.15) is 11.6 Å². The molecule has 0 bridgehead atoms. The number of halogens is 1. The van der Waals surface area contributed by atoms with E-state index in [-0.39, 0.29) is 11.4 Å². The summed E-state index contributed by atoms with van der Waals surface area (Å²) in [6.07, 6.45) is 1.50. The number of sulfonamides is 1. The van der Waals surface area contributed by atoms with Crippen LogP contribution in [0.5, 0.6) is 0 Å². The number of nitrogens with one attached hydrogen (secondary N) is 1. The third kappa shape index (κ3) is 3.06. The van der Waals surface area contributed by atoms with E-state index >= 15 is 0 Å². The molecule has 2 aromatic rings. The maximum atomic E-state index is 13.3. The Kier molecular flexibility index (Phi) is 4.02. The molecule has 0 aliphatic heterocycles. The fourth-order valence-electron chi connectivity index (χ4n) is 2.19. The first-order chi connectivity index (χ1) is 9.72. The molecule has 0 fully saturated rings. The number of rotatable bonds is 4. The summed E-state index contributed by atoms with van der Waals surface area (Å²) in [6, 6.07) is 2.39. The highest BCUT2D eigenvalue weighted by Crippen LogP contribution is 2.21. The number of benzene rings is 1. The average Bonchev–Trinajstić information content (AvgIpc) is 2.66. The third-order valence-corrected chi connectivity index (χ3v) is 4.92. The molecule has 0 amide bonds. The highest BCUT2D eigenvalue weighted by atomic mass is 32.2. The average molecular weight is 312 g/mol. The lowest BCUT2D eigenvalue weighted by Crippen LogP contribution is -2.25. The van der Waals surface area contributed by atoms with Crippen LogP contribution in [-0.4, -0.2) is 18.2 Å². The molecule has 0 radical (unpaired) electrons. The van der Waals surface area contributed by atoms with Crippen molar-refractivity contribution in [1.29, 1.82) is 0 Å². The summed E-state index contributed by atoms with van der Waals surface area (Å²) in [7, 11) is -2.09. The number of aromatic nitrogens is 2. The summed E-state index contributed by atoms with van der Waals surface area (Å²) in [5, 5.41) is 3.94. The Morgan fingerprint density at radius 1 is 1.33 bits per heavy atom. The Morgan fingerprint density at radius 2 is 1.90 bits per heavy atom. The Hall–Kier alpha value is -1.93. The highest BCUT2D eigenvalue weighted by Gasteiger charge is 2.20. The first-order valence-corrected chi connectivity index (χ1v) is 7.73. The van der Waals surface area contributed by atoms with E-state index in [2.05, 4.69) is 9.82 Å². The van der Waals surface area contributed by atoms with Gasteiger partial charge in [0, 0.05) is 19.2 Å². The topological polar surface area (TPSA) is 90.0 Å². The van der Waals surface area contributed by atoms with Gasteiger partial charge in [-0.3, -0.25) is 4.68 Å². The second-order valence-corrected chi connectivity index (χ2v) is 6.58. The summed E-state index contributed by atoms with van der Waals surface area (Å²) in [5.74, 6) is -0.0642. The Labute approximate surface area is 122 Å². The van der Waals surface area contributed by atoms with Crippen LogP contribution in [0.15, 0.2) is 23.2 Å². The van der Waals surface area contributed by atoms with Crippen molar-refractivity contribution >= 4 is 15.8 Å². The largest absolute Gasteiger partial charge is 0.384 e. The number of nitrogens with two attached hydrogens (primary N) is 1. The number of nitrogens with zero attached hydrogens (tertiary/aromatic N) is 2. The van der Waals surface area contributed by atoms with Crippen LogP contribution in [0.25, 0.3) is 0 Å². The molecule has 21 heavy (non-hydrogen) atoms. The summed E-state index contributed by atoms with van der Waals surface area (Å²) in [5.41, 5.74) is 7.07. The van der Waals surface area contributed by atoms with Gasteiger partial charge in [-0.25, -0.2) is 17.5 Å². The predicted molar refractivity (Wildman–Crippen MR) is 77.5 cm³/mol. The van der Waals surface area contributed by atoms with Gasteiger partial charge >= 0.3 is 0 Å². The van der Waals surface area contributed by atoms with Gasteiger partial charge in [-0.15, -0.1) is 0 Å². The van der Waals surface area contributed by atoms with Crippen molar-refractivity contribution in [2.24, 2.45) is 7.05 Å². The lowest BCUT2D eigenvalue weighted by molar-refractivity contribution is 0.578. The SMILES string of the molecule is Cc1cc(F)cc(C)c1S(=O)(=O)NCc1cnn(C)c1N. The quantitative estimate of drug-likeness (QED) is 0.888. The smallest absolute Gasteiger partial charge is 0.241 e. The monoisotopic (exact) mass is 312 g/mol. The zero-order valence-corrected chi connectivity index (χ0v) is 12.8. The number of aryl methyl sites for hydroxylation is 3. The molecule has 0 aliphatic carbocycles. The van der Waals surface area contributed by atoms with Crippen LogP contribution in [-0.2, 0) is 23.6 Å². The molecule has 8 heteroatoms. The molecule has 2 rings (SSSR count). The van der Waals surface area contributed by atoms with Crippen LogP contribution < -0.4 is 10.5 Å². The minimum atomic E-state index is -3.75. The molecule has 3 N–H and O–H groups in total. The molecule has 1 aromatic heterocycles. The molecule has 6 nitrogen and oxygen atoms in total. The van der Waals surface area contributed by atoms with Crippen molar-refractivity contribution in [2.75, 3.05) is 5.73 Å². The van der Waals surface area contributed by atoms with Gasteiger partial charge < -0.3 is 5.73 Å². The summed E-state index contributed by atoms with van der Waals surface area (Å²) < 4.78 is 41.9. The van der Waals surface area contributed by atoms with E-state index in [0.717, 1.165) is 0 Å². The van der Waals surface area contributed by atoms with Gasteiger partial charge in [0.15, 0.2) is 0 Å². The molecule has 0 aliphatic rings. The fourth-order valence-corrected chi connectivity index (χ4v) is 3.65. The highest BCUT2D eigenvalue weighted by molar-refractivity contribution is 7.89. The molecule has 0 saturated heterocycles. The van der Waals surface area contributed by atoms with Gasteiger partial charge in [-0.1, -0.05) is 0 Å². The van der Waals surface area contributed by atoms with Gasteiger partial charge in [-0.2, -0.15) is 5.10 Å². The van der Waals surface area contributed by atoms with Gasteiger partial charge in [-0.05, 0) is 37.1 Å². The zero-order valence-electron chi connectivity index (χ0n) is 12.0. The van der Waals surface area contributed by atoms with Crippen LogP contribution in [0.1, 0.15) is 16.7 Å². The summed E-state index contributed by atoms with van der Waals surface area (Å²) in [4.78, 5) is 0.0892. The van der Waals surface area contributed by atoms with Crippen molar-refractivity contribution in [3.8, 4) is 0 Å². The molecule has 1 aromatic carbocycles. The van der Waals surface area contributed by atoms with Crippen molar-refractivity contribution < 1.29 is 12.8 Å². The van der Waals surface area contributed by atoms with Gasteiger partial charge in [0.2, 0.25) is 10.0 Å². The fraction of sp³-hybridized carbons (Fsp3) is 0.308. The molecular formula is C13H17FN4O2S. The lowest BCUT2D eigenvalue weighted by atomic mass is 10.1. The summed E-state index contributed by atoms with van der Waals surface area (Å²) in [6.45, 7) is 3.14. The van der Waals surface area contributed by atoms with Crippen LogP contribution in [0.4, 0.5) is 10.2 Å². The number of nitrogen functional groups attached to an aromatic ring is 1. The maximum Gasteiger partial charge on any atom is 0.241 e. The Balaban J connectivity index is 2.29. The second-order valence-electron chi connectivity index (χ2n) is 4.87. The molecular weight excluding hydrogens is 295 g/mol. The van der Waals surface area contributed by atoms with Crippen LogP contribution >= 0.6 is 0 Å². The lowest BCUT2D eigenvalue weighted by Gasteiger charge is -2.12. The summed E-state index contributed by atoms with van der Waals surface area (Å²) >= 11 is 0. The van der Waals surface area contributed by atoms with Crippen molar-refractivity contribution in [3.05, 3.63) is 40.8 Å². The van der Waals surface area contributed by atoms with E-state index < -0.39 is 15.8 Å². The normalized spacial score (nSPS) is 11.8. The first kappa shape index (κ1) is 15.5. The van der Waals surface area contributed by atoms with E-state index in [9.17, 15) is 12.8 Å². The molecule has 1 heterocycles. The van der Waals surface area contributed by atoms with Crippen molar-refractivity contribution in [3.63, 3.8) is 0 Å². The molecule has 114 valence electrons.